The van der Waals surface area contributed by atoms with Gasteiger partial charge < -0.3 is 15.5 Å². The van der Waals surface area contributed by atoms with E-state index in [0.717, 1.165) is 17.7 Å². The first-order chi connectivity index (χ1) is 12.1. The third-order valence-corrected chi connectivity index (χ3v) is 4.35. The molecule has 1 fully saturated rings. The highest BCUT2D eigenvalue weighted by Crippen LogP contribution is 2.21. The summed E-state index contributed by atoms with van der Waals surface area (Å²) in [5.41, 5.74) is 3.22. The van der Waals surface area contributed by atoms with E-state index in [9.17, 15) is 9.59 Å². The van der Waals surface area contributed by atoms with Crippen LogP contribution in [0, 0.1) is 6.92 Å². The van der Waals surface area contributed by atoms with Crippen molar-refractivity contribution in [1.29, 1.82) is 0 Å². The van der Waals surface area contributed by atoms with Crippen LogP contribution in [-0.2, 0) is 11.2 Å². The third kappa shape index (κ3) is 4.59. The van der Waals surface area contributed by atoms with E-state index >= 15 is 0 Å². The van der Waals surface area contributed by atoms with Gasteiger partial charge in [-0.3, -0.25) is 4.79 Å². The molecule has 1 aliphatic rings. The van der Waals surface area contributed by atoms with Gasteiger partial charge in [-0.15, -0.1) is 0 Å². The van der Waals surface area contributed by atoms with E-state index in [4.69, 9.17) is 0 Å². The lowest BCUT2D eigenvalue weighted by molar-refractivity contribution is -0.117. The number of carbonyl (C=O) groups excluding carboxylic acids is 2. The SMILES string of the molecule is Cc1ccc(N2C[C@H](NC(=O)NCCc3ccccc3)CC2=O)cc1. The van der Waals surface area contributed by atoms with Gasteiger partial charge >= 0.3 is 6.03 Å². The van der Waals surface area contributed by atoms with Crippen LogP contribution in [0.3, 0.4) is 0 Å². The highest BCUT2D eigenvalue weighted by molar-refractivity contribution is 5.96. The fraction of sp³-hybridized carbons (Fsp3) is 0.300. The van der Waals surface area contributed by atoms with Gasteiger partial charge in [0.25, 0.3) is 0 Å². The van der Waals surface area contributed by atoms with Crippen molar-refractivity contribution in [3.63, 3.8) is 0 Å². The standard InChI is InChI=1S/C20H23N3O2/c1-15-7-9-18(10-8-15)23-14-17(13-19(23)24)22-20(25)21-12-11-16-5-3-2-4-6-16/h2-10,17H,11-14H2,1H3,(H2,21,22,25)/t17-/m1/s1. The number of nitrogens with zero attached hydrogens (tertiary/aromatic N) is 1. The molecule has 2 aromatic carbocycles. The molecule has 0 aliphatic carbocycles. The molecule has 25 heavy (non-hydrogen) atoms. The number of amides is 3. The molecular weight excluding hydrogens is 314 g/mol. The zero-order chi connectivity index (χ0) is 17.6. The minimum Gasteiger partial charge on any atom is -0.338 e. The predicted octanol–water partition coefficient (Wildman–Crippen LogP) is 2.64. The number of hydrogen-bond donors (Lipinski definition) is 2. The summed E-state index contributed by atoms with van der Waals surface area (Å²) in [6.45, 7) is 3.09. The molecule has 0 saturated carbocycles. The maximum absolute atomic E-state index is 12.2. The van der Waals surface area contributed by atoms with E-state index in [1.165, 1.54) is 5.56 Å². The minimum absolute atomic E-state index is 0.0402. The van der Waals surface area contributed by atoms with E-state index in [0.29, 0.717) is 19.5 Å². The Labute approximate surface area is 148 Å². The van der Waals surface area contributed by atoms with Crippen molar-refractivity contribution in [2.45, 2.75) is 25.8 Å². The van der Waals surface area contributed by atoms with E-state index in [2.05, 4.69) is 10.6 Å². The number of urea groups is 1. The second kappa shape index (κ2) is 7.83. The van der Waals surface area contributed by atoms with Crippen LogP contribution in [0.25, 0.3) is 0 Å². The molecule has 2 aromatic rings. The summed E-state index contributed by atoms with van der Waals surface area (Å²) in [6, 6.07) is 17.5. The zero-order valence-electron chi connectivity index (χ0n) is 14.4. The van der Waals surface area contributed by atoms with Gasteiger partial charge in [0.2, 0.25) is 5.91 Å². The van der Waals surface area contributed by atoms with E-state index in [1.54, 1.807) is 4.90 Å². The Bertz CT molecular complexity index is 728. The van der Waals surface area contributed by atoms with Crippen molar-refractivity contribution in [1.82, 2.24) is 10.6 Å². The smallest absolute Gasteiger partial charge is 0.315 e. The maximum Gasteiger partial charge on any atom is 0.315 e. The third-order valence-electron chi connectivity index (χ3n) is 4.35. The summed E-state index contributed by atoms with van der Waals surface area (Å²) in [4.78, 5) is 26.0. The summed E-state index contributed by atoms with van der Waals surface area (Å²) in [6.07, 6.45) is 1.12. The summed E-state index contributed by atoms with van der Waals surface area (Å²) < 4.78 is 0. The summed E-state index contributed by atoms with van der Waals surface area (Å²) in [5, 5.41) is 5.75. The van der Waals surface area contributed by atoms with E-state index in [1.807, 2.05) is 61.5 Å². The highest BCUT2D eigenvalue weighted by atomic mass is 16.2. The first-order valence-electron chi connectivity index (χ1n) is 8.57. The van der Waals surface area contributed by atoms with Crippen LogP contribution in [0.4, 0.5) is 10.5 Å². The molecular formula is C20H23N3O2. The van der Waals surface area contributed by atoms with Crippen molar-refractivity contribution >= 4 is 17.6 Å². The van der Waals surface area contributed by atoms with Crippen LogP contribution in [0.2, 0.25) is 0 Å². The van der Waals surface area contributed by atoms with Gasteiger partial charge in [0.05, 0.1) is 6.04 Å². The van der Waals surface area contributed by atoms with Crippen molar-refractivity contribution in [2.24, 2.45) is 0 Å². The Hall–Kier alpha value is -2.82. The Kier molecular flexibility index (Phi) is 5.33. The normalized spacial score (nSPS) is 16.8. The van der Waals surface area contributed by atoms with Gasteiger partial charge in [0.15, 0.2) is 0 Å². The number of benzene rings is 2. The van der Waals surface area contributed by atoms with Gasteiger partial charge in [-0.25, -0.2) is 4.79 Å². The molecule has 0 aromatic heterocycles. The Morgan fingerprint density at radius 3 is 2.56 bits per heavy atom. The number of hydrogen-bond acceptors (Lipinski definition) is 2. The van der Waals surface area contributed by atoms with Gasteiger partial charge in [0.1, 0.15) is 0 Å². The first kappa shape index (κ1) is 17.0. The lowest BCUT2D eigenvalue weighted by atomic mass is 10.1. The van der Waals surface area contributed by atoms with Crippen LogP contribution >= 0.6 is 0 Å². The Morgan fingerprint density at radius 2 is 1.84 bits per heavy atom. The highest BCUT2D eigenvalue weighted by Gasteiger charge is 2.31. The van der Waals surface area contributed by atoms with Gasteiger partial charge in [-0.2, -0.15) is 0 Å². The number of carbonyl (C=O) groups is 2. The minimum atomic E-state index is -0.223. The number of rotatable bonds is 5. The summed E-state index contributed by atoms with van der Waals surface area (Å²) in [5.74, 6) is 0.0402. The van der Waals surface area contributed by atoms with Crippen LogP contribution in [0.5, 0.6) is 0 Å². The fourth-order valence-corrected chi connectivity index (χ4v) is 2.98. The molecule has 0 unspecified atom stereocenters. The van der Waals surface area contributed by atoms with Crippen molar-refractivity contribution in [3.05, 3.63) is 65.7 Å². The monoisotopic (exact) mass is 337 g/mol. The molecule has 5 nitrogen and oxygen atoms in total. The average Bonchev–Trinajstić information content (AvgIpc) is 2.96. The number of nitrogens with one attached hydrogen (secondary N) is 2. The molecule has 1 saturated heterocycles. The lowest BCUT2D eigenvalue weighted by Gasteiger charge is -2.17. The van der Waals surface area contributed by atoms with E-state index in [-0.39, 0.29) is 18.0 Å². The van der Waals surface area contributed by atoms with Crippen molar-refractivity contribution in [2.75, 3.05) is 18.0 Å². The molecule has 130 valence electrons. The summed E-state index contributed by atoms with van der Waals surface area (Å²) in [7, 11) is 0. The topological polar surface area (TPSA) is 61.4 Å². The number of aryl methyl sites for hydroxylation is 1. The molecule has 2 N–H and O–H groups in total. The summed E-state index contributed by atoms with van der Waals surface area (Å²) >= 11 is 0. The van der Waals surface area contributed by atoms with Crippen LogP contribution < -0.4 is 15.5 Å². The largest absolute Gasteiger partial charge is 0.338 e. The lowest BCUT2D eigenvalue weighted by Crippen LogP contribution is -2.43. The average molecular weight is 337 g/mol. The molecule has 1 heterocycles. The fourth-order valence-electron chi connectivity index (χ4n) is 2.98. The Morgan fingerprint density at radius 1 is 1.12 bits per heavy atom. The molecule has 1 aliphatic heterocycles. The van der Waals surface area contributed by atoms with Crippen LogP contribution in [-0.4, -0.2) is 31.1 Å². The zero-order valence-corrected chi connectivity index (χ0v) is 14.4. The molecule has 3 rings (SSSR count). The Balaban J connectivity index is 1.46. The van der Waals surface area contributed by atoms with Gasteiger partial charge in [-0.1, -0.05) is 48.0 Å². The van der Waals surface area contributed by atoms with Crippen LogP contribution in [0.15, 0.2) is 54.6 Å². The second-order valence-electron chi connectivity index (χ2n) is 6.38. The molecule has 5 heteroatoms. The number of anilines is 1. The molecule has 0 spiro atoms. The van der Waals surface area contributed by atoms with Crippen molar-refractivity contribution in [3.8, 4) is 0 Å². The van der Waals surface area contributed by atoms with Gasteiger partial charge in [0, 0.05) is 25.2 Å². The molecule has 0 radical (unpaired) electrons. The molecule has 3 amide bonds. The van der Waals surface area contributed by atoms with Gasteiger partial charge in [-0.05, 0) is 31.0 Å². The molecule has 0 bridgehead atoms. The predicted molar refractivity (Wildman–Crippen MR) is 98.6 cm³/mol. The maximum atomic E-state index is 12.2. The van der Waals surface area contributed by atoms with Crippen molar-refractivity contribution < 1.29 is 9.59 Å². The second-order valence-corrected chi connectivity index (χ2v) is 6.38. The van der Waals surface area contributed by atoms with Crippen LogP contribution in [0.1, 0.15) is 17.5 Å². The molecule has 1 atom stereocenters. The van der Waals surface area contributed by atoms with E-state index < -0.39 is 0 Å². The quantitative estimate of drug-likeness (QED) is 0.881. The first-order valence-corrected chi connectivity index (χ1v) is 8.57.